The van der Waals surface area contributed by atoms with Crippen LogP contribution in [0, 0.1) is 0 Å². The first-order chi connectivity index (χ1) is 9.48. The van der Waals surface area contributed by atoms with Gasteiger partial charge in [0.15, 0.2) is 11.3 Å². The second-order valence-electron chi connectivity index (χ2n) is 4.94. The highest BCUT2D eigenvalue weighted by Crippen LogP contribution is 2.24. The number of nitrogens with one attached hydrogen (secondary N) is 1. The fraction of sp³-hybridized carbons (Fsp3) is 0.429. The third-order valence-corrected chi connectivity index (χ3v) is 3.93. The zero-order valence-corrected chi connectivity index (χ0v) is 11.9. The lowest BCUT2D eigenvalue weighted by molar-refractivity contribution is -0.135. The van der Waals surface area contributed by atoms with Gasteiger partial charge in [0.05, 0.1) is 6.10 Å². The summed E-state index contributed by atoms with van der Waals surface area (Å²) < 4.78 is 5.19. The van der Waals surface area contributed by atoms with Gasteiger partial charge in [0.1, 0.15) is 0 Å². The molecule has 0 saturated carbocycles. The summed E-state index contributed by atoms with van der Waals surface area (Å²) in [6, 6.07) is 6.94. The van der Waals surface area contributed by atoms with Crippen molar-refractivity contribution in [2.45, 2.75) is 24.5 Å². The summed E-state index contributed by atoms with van der Waals surface area (Å²) in [6.07, 6.45) is 0.214. The number of amides is 1. The monoisotopic (exact) mass is 296 g/mol. The van der Waals surface area contributed by atoms with Crippen molar-refractivity contribution < 1.29 is 14.3 Å². The second kappa shape index (κ2) is 5.91. The Hall–Kier alpha value is -1.43. The van der Waals surface area contributed by atoms with Gasteiger partial charge in [-0.25, -0.2) is 0 Å². The molecule has 0 spiro atoms. The Bertz CT molecular complexity index is 518. The molecule has 1 aliphatic rings. The van der Waals surface area contributed by atoms with E-state index in [1.807, 2.05) is 0 Å². The van der Waals surface area contributed by atoms with E-state index in [0.29, 0.717) is 11.6 Å². The van der Waals surface area contributed by atoms with Crippen LogP contribution in [0.5, 0.6) is 0 Å². The van der Waals surface area contributed by atoms with Crippen LogP contribution in [0.4, 0.5) is 0 Å². The van der Waals surface area contributed by atoms with E-state index in [4.69, 9.17) is 22.1 Å². The number of hydrogen-bond donors (Lipinski definition) is 2. The van der Waals surface area contributed by atoms with Crippen molar-refractivity contribution in [3.63, 3.8) is 0 Å². The van der Waals surface area contributed by atoms with Crippen LogP contribution in [-0.4, -0.2) is 37.0 Å². The van der Waals surface area contributed by atoms with Crippen LogP contribution in [0.2, 0.25) is 5.02 Å². The molecule has 1 aromatic carbocycles. The van der Waals surface area contributed by atoms with Crippen LogP contribution in [0.15, 0.2) is 24.3 Å². The number of Topliss-reactive ketones (excluding diaryl/α,β-unsaturated/α-hetero) is 1. The summed E-state index contributed by atoms with van der Waals surface area (Å²) in [4.78, 5) is 24.2. The molecule has 20 heavy (non-hydrogen) atoms. The third kappa shape index (κ3) is 2.85. The highest BCUT2D eigenvalue weighted by Gasteiger charge is 2.49. The van der Waals surface area contributed by atoms with E-state index in [1.54, 1.807) is 31.4 Å². The zero-order valence-electron chi connectivity index (χ0n) is 11.2. The Morgan fingerprint density at radius 3 is 2.60 bits per heavy atom. The summed E-state index contributed by atoms with van der Waals surface area (Å²) in [6.45, 7) is 0.436. The van der Waals surface area contributed by atoms with Crippen molar-refractivity contribution in [1.82, 2.24) is 5.32 Å². The van der Waals surface area contributed by atoms with Gasteiger partial charge in [-0.15, -0.1) is 0 Å². The molecule has 2 atom stereocenters. The van der Waals surface area contributed by atoms with Gasteiger partial charge in [0, 0.05) is 31.5 Å². The SMILES string of the molecule is COC1CNC(C(N)=O)(C(=O)Cc2ccc(Cl)cc2)C1. The first-order valence-electron chi connectivity index (χ1n) is 6.33. The molecule has 1 heterocycles. The Balaban J connectivity index is 2.16. The molecule has 1 saturated heterocycles. The fourth-order valence-corrected chi connectivity index (χ4v) is 2.54. The Kier molecular flexibility index (Phi) is 4.42. The van der Waals surface area contributed by atoms with Crippen LogP contribution >= 0.6 is 11.6 Å². The number of nitrogens with two attached hydrogens (primary N) is 1. The van der Waals surface area contributed by atoms with Gasteiger partial charge in [0.25, 0.3) is 0 Å². The standard InChI is InChI=1S/C14H17ClN2O3/c1-20-11-7-14(13(16)19,17-8-11)12(18)6-9-2-4-10(15)5-3-9/h2-5,11,17H,6-8H2,1H3,(H2,16,19). The van der Waals surface area contributed by atoms with Gasteiger partial charge < -0.3 is 10.5 Å². The van der Waals surface area contributed by atoms with Gasteiger partial charge in [-0.05, 0) is 17.7 Å². The first kappa shape index (κ1) is 15.0. The Morgan fingerprint density at radius 2 is 2.10 bits per heavy atom. The van der Waals surface area contributed by atoms with Gasteiger partial charge in [-0.3, -0.25) is 14.9 Å². The third-order valence-electron chi connectivity index (χ3n) is 3.67. The zero-order chi connectivity index (χ0) is 14.8. The number of carbonyl (C=O) groups excluding carboxylic acids is 2. The molecule has 0 bridgehead atoms. The average Bonchev–Trinajstić information content (AvgIpc) is 2.87. The molecule has 1 fully saturated rings. The number of ketones is 1. The van der Waals surface area contributed by atoms with E-state index in [-0.39, 0.29) is 24.7 Å². The van der Waals surface area contributed by atoms with Crippen molar-refractivity contribution >= 4 is 23.3 Å². The van der Waals surface area contributed by atoms with Crippen molar-refractivity contribution in [2.24, 2.45) is 5.73 Å². The molecular weight excluding hydrogens is 280 g/mol. The molecule has 0 aliphatic carbocycles. The molecule has 1 amide bonds. The van der Waals surface area contributed by atoms with Gasteiger partial charge in [0.2, 0.25) is 5.91 Å². The number of methoxy groups -OCH3 is 1. The number of hydrogen-bond acceptors (Lipinski definition) is 4. The maximum absolute atomic E-state index is 12.5. The topological polar surface area (TPSA) is 81.4 Å². The number of ether oxygens (including phenoxy) is 1. The predicted molar refractivity (Wildman–Crippen MR) is 75.5 cm³/mol. The highest BCUT2D eigenvalue weighted by atomic mass is 35.5. The van der Waals surface area contributed by atoms with Crippen LogP contribution < -0.4 is 11.1 Å². The van der Waals surface area contributed by atoms with Crippen LogP contribution in [0.25, 0.3) is 0 Å². The van der Waals surface area contributed by atoms with E-state index in [1.165, 1.54) is 0 Å². The molecule has 108 valence electrons. The molecule has 0 radical (unpaired) electrons. The fourth-order valence-electron chi connectivity index (χ4n) is 2.42. The largest absolute Gasteiger partial charge is 0.380 e. The quantitative estimate of drug-likeness (QED) is 0.783. The Morgan fingerprint density at radius 1 is 1.45 bits per heavy atom. The molecule has 3 N–H and O–H groups in total. The molecule has 5 nitrogen and oxygen atoms in total. The number of primary amides is 1. The number of benzene rings is 1. The summed E-state index contributed by atoms with van der Waals surface area (Å²) in [5.41, 5.74) is 4.89. The number of halogens is 1. The number of carbonyl (C=O) groups is 2. The van der Waals surface area contributed by atoms with Crippen LogP contribution in [-0.2, 0) is 20.7 Å². The molecular formula is C14H17ClN2O3. The maximum Gasteiger partial charge on any atom is 0.245 e. The lowest BCUT2D eigenvalue weighted by Crippen LogP contribution is -2.58. The summed E-state index contributed by atoms with van der Waals surface area (Å²) in [5, 5.41) is 3.53. The summed E-state index contributed by atoms with van der Waals surface area (Å²) >= 11 is 5.80. The van der Waals surface area contributed by atoms with Crippen molar-refractivity contribution in [3.8, 4) is 0 Å². The molecule has 2 rings (SSSR count). The van der Waals surface area contributed by atoms with Crippen molar-refractivity contribution in [2.75, 3.05) is 13.7 Å². The van der Waals surface area contributed by atoms with E-state index in [0.717, 1.165) is 5.56 Å². The molecule has 1 aliphatic heterocycles. The second-order valence-corrected chi connectivity index (χ2v) is 5.38. The molecule has 1 aromatic rings. The van der Waals surface area contributed by atoms with E-state index >= 15 is 0 Å². The minimum Gasteiger partial charge on any atom is -0.380 e. The van der Waals surface area contributed by atoms with Crippen LogP contribution in [0.1, 0.15) is 12.0 Å². The normalized spacial score (nSPS) is 25.6. The lowest BCUT2D eigenvalue weighted by Gasteiger charge is -2.24. The summed E-state index contributed by atoms with van der Waals surface area (Å²) in [5.74, 6) is -0.900. The highest BCUT2D eigenvalue weighted by molar-refractivity contribution is 6.30. The van der Waals surface area contributed by atoms with E-state index < -0.39 is 11.4 Å². The van der Waals surface area contributed by atoms with Crippen LogP contribution in [0.3, 0.4) is 0 Å². The van der Waals surface area contributed by atoms with Gasteiger partial charge in [-0.1, -0.05) is 23.7 Å². The minimum atomic E-state index is -1.33. The first-order valence-corrected chi connectivity index (χ1v) is 6.71. The van der Waals surface area contributed by atoms with Gasteiger partial charge in [-0.2, -0.15) is 0 Å². The van der Waals surface area contributed by atoms with Crippen molar-refractivity contribution in [1.29, 1.82) is 0 Å². The molecule has 2 unspecified atom stereocenters. The molecule has 0 aromatic heterocycles. The maximum atomic E-state index is 12.5. The van der Waals surface area contributed by atoms with Gasteiger partial charge >= 0.3 is 0 Å². The minimum absolute atomic E-state index is 0.129. The smallest absolute Gasteiger partial charge is 0.245 e. The predicted octanol–water partition coefficient (Wildman–Crippen LogP) is 0.684. The van der Waals surface area contributed by atoms with Crippen molar-refractivity contribution in [3.05, 3.63) is 34.9 Å². The average molecular weight is 297 g/mol. The Labute approximate surface area is 122 Å². The molecule has 6 heteroatoms. The van der Waals surface area contributed by atoms with E-state index in [9.17, 15) is 9.59 Å². The lowest BCUT2D eigenvalue weighted by atomic mass is 9.87. The summed E-state index contributed by atoms with van der Waals surface area (Å²) in [7, 11) is 1.55. The number of rotatable bonds is 5. The van der Waals surface area contributed by atoms with E-state index in [2.05, 4.69) is 5.32 Å².